The van der Waals surface area contributed by atoms with Crippen LogP contribution in [0.2, 0.25) is 10.0 Å². The summed E-state index contributed by atoms with van der Waals surface area (Å²) in [7, 11) is -4.11. The second kappa shape index (κ2) is 13.1. The van der Waals surface area contributed by atoms with Gasteiger partial charge in [-0.1, -0.05) is 72.6 Å². The summed E-state index contributed by atoms with van der Waals surface area (Å²) in [6.45, 7) is 4.78. The van der Waals surface area contributed by atoms with Gasteiger partial charge in [0.2, 0.25) is 11.8 Å². The highest BCUT2D eigenvalue weighted by molar-refractivity contribution is 7.92. The maximum Gasteiger partial charge on any atom is 0.264 e. The number of benzene rings is 3. The van der Waals surface area contributed by atoms with Crippen LogP contribution in [0.3, 0.4) is 0 Å². The van der Waals surface area contributed by atoms with Gasteiger partial charge in [0.1, 0.15) is 12.6 Å². The van der Waals surface area contributed by atoms with E-state index in [0.29, 0.717) is 27.7 Å². The fourth-order valence-corrected chi connectivity index (χ4v) is 5.70. The lowest BCUT2D eigenvalue weighted by molar-refractivity contribution is -0.139. The van der Waals surface area contributed by atoms with Crippen molar-refractivity contribution >= 4 is 50.7 Å². The summed E-state index contributed by atoms with van der Waals surface area (Å²) in [5.74, 6) is -0.954. The Hall–Kier alpha value is -3.07. The lowest BCUT2D eigenvalue weighted by Crippen LogP contribution is -2.52. The topological polar surface area (TPSA) is 86.8 Å². The molecule has 202 valence electrons. The number of amides is 2. The van der Waals surface area contributed by atoms with Crippen molar-refractivity contribution in [2.24, 2.45) is 0 Å². The van der Waals surface area contributed by atoms with Gasteiger partial charge in [-0.2, -0.15) is 0 Å². The van der Waals surface area contributed by atoms with Crippen LogP contribution in [0.25, 0.3) is 0 Å². The molecule has 0 unspecified atom stereocenters. The van der Waals surface area contributed by atoms with Gasteiger partial charge in [0.15, 0.2) is 0 Å². The van der Waals surface area contributed by atoms with E-state index in [2.05, 4.69) is 5.32 Å². The molecule has 3 aromatic carbocycles. The minimum atomic E-state index is -4.11. The third-order valence-electron chi connectivity index (χ3n) is 6.21. The van der Waals surface area contributed by atoms with E-state index < -0.39 is 28.5 Å². The Morgan fingerprint density at radius 2 is 1.42 bits per heavy atom. The molecule has 0 saturated heterocycles. The molecule has 0 aliphatic heterocycles. The number of anilines is 1. The van der Waals surface area contributed by atoms with Gasteiger partial charge in [0, 0.05) is 28.2 Å². The molecule has 0 radical (unpaired) electrons. The van der Waals surface area contributed by atoms with E-state index in [9.17, 15) is 18.0 Å². The molecule has 0 fully saturated rings. The summed E-state index contributed by atoms with van der Waals surface area (Å²) in [6.07, 6.45) is 0.708. The van der Waals surface area contributed by atoms with Gasteiger partial charge in [0.25, 0.3) is 10.0 Å². The summed E-state index contributed by atoms with van der Waals surface area (Å²) < 4.78 is 28.4. The van der Waals surface area contributed by atoms with Gasteiger partial charge < -0.3 is 10.2 Å². The van der Waals surface area contributed by atoms with Crippen molar-refractivity contribution in [2.75, 3.05) is 10.8 Å². The van der Waals surface area contributed by atoms with Crippen molar-refractivity contribution in [3.8, 4) is 0 Å². The van der Waals surface area contributed by atoms with Crippen LogP contribution in [0.4, 0.5) is 5.69 Å². The smallest absolute Gasteiger partial charge is 0.264 e. The standard InChI is InChI=1S/C28H31Cl2N3O4S/c1-4-20(2)31-28(35)21(3)32(18-24-25(29)16-11-17-26(24)30)27(34)19-33(22-12-7-5-8-13-22)38(36,37)23-14-9-6-10-15-23/h5-17,20-21H,4,18-19H2,1-3H3,(H,31,35)/t20-,21+/m1/s1. The van der Waals surface area contributed by atoms with Crippen molar-refractivity contribution in [3.63, 3.8) is 0 Å². The van der Waals surface area contributed by atoms with Gasteiger partial charge in [-0.25, -0.2) is 8.42 Å². The van der Waals surface area contributed by atoms with E-state index in [4.69, 9.17) is 23.2 Å². The fraction of sp³-hybridized carbons (Fsp3) is 0.286. The third kappa shape index (κ3) is 7.07. The number of nitrogens with zero attached hydrogens (tertiary/aromatic N) is 2. The average molecular weight is 577 g/mol. The number of hydrogen-bond acceptors (Lipinski definition) is 4. The van der Waals surface area contributed by atoms with E-state index in [-0.39, 0.29) is 23.4 Å². The highest BCUT2D eigenvalue weighted by atomic mass is 35.5. The summed E-state index contributed by atoms with van der Waals surface area (Å²) in [4.78, 5) is 28.3. The van der Waals surface area contributed by atoms with Crippen molar-refractivity contribution in [1.82, 2.24) is 10.2 Å². The molecular weight excluding hydrogens is 545 g/mol. The molecule has 3 aromatic rings. The summed E-state index contributed by atoms with van der Waals surface area (Å²) in [5.41, 5.74) is 0.779. The minimum absolute atomic E-state index is 0.0416. The van der Waals surface area contributed by atoms with Gasteiger partial charge in [0.05, 0.1) is 10.6 Å². The van der Waals surface area contributed by atoms with Crippen LogP contribution < -0.4 is 9.62 Å². The Morgan fingerprint density at radius 3 is 1.97 bits per heavy atom. The zero-order valence-corrected chi connectivity index (χ0v) is 23.8. The van der Waals surface area contributed by atoms with Gasteiger partial charge in [-0.05, 0) is 56.7 Å². The van der Waals surface area contributed by atoms with Crippen LogP contribution >= 0.6 is 23.2 Å². The largest absolute Gasteiger partial charge is 0.352 e. The number of sulfonamides is 1. The normalized spacial score (nSPS) is 12.9. The van der Waals surface area contributed by atoms with Crippen LogP contribution in [0.15, 0.2) is 83.8 Å². The first-order valence-electron chi connectivity index (χ1n) is 12.2. The van der Waals surface area contributed by atoms with Crippen molar-refractivity contribution < 1.29 is 18.0 Å². The zero-order chi connectivity index (χ0) is 27.9. The molecule has 38 heavy (non-hydrogen) atoms. The SMILES string of the molecule is CC[C@@H](C)NC(=O)[C@H](C)N(Cc1c(Cl)cccc1Cl)C(=O)CN(c1ccccc1)S(=O)(=O)c1ccccc1. The number of nitrogens with one attached hydrogen (secondary N) is 1. The predicted octanol–water partition coefficient (Wildman–Crippen LogP) is 5.52. The van der Waals surface area contributed by atoms with Crippen molar-refractivity contribution in [2.45, 2.75) is 50.7 Å². The van der Waals surface area contributed by atoms with E-state index in [1.165, 1.54) is 17.0 Å². The minimum Gasteiger partial charge on any atom is -0.352 e. The molecule has 3 rings (SSSR count). The molecular formula is C28H31Cl2N3O4S. The molecule has 2 amide bonds. The third-order valence-corrected chi connectivity index (χ3v) is 8.71. The first-order chi connectivity index (χ1) is 18.1. The zero-order valence-electron chi connectivity index (χ0n) is 21.5. The number of rotatable bonds is 11. The first kappa shape index (κ1) is 29.5. The van der Waals surface area contributed by atoms with Crippen LogP contribution in [0.1, 0.15) is 32.8 Å². The Labute approximate surface area is 234 Å². The molecule has 1 N–H and O–H groups in total. The summed E-state index contributed by atoms with van der Waals surface area (Å²) in [6, 6.07) is 20.2. The monoisotopic (exact) mass is 575 g/mol. The van der Waals surface area contributed by atoms with Gasteiger partial charge in [-0.3, -0.25) is 13.9 Å². The Bertz CT molecular complexity index is 1330. The summed E-state index contributed by atoms with van der Waals surface area (Å²) >= 11 is 12.8. The number of para-hydroxylation sites is 1. The first-order valence-corrected chi connectivity index (χ1v) is 14.4. The molecule has 0 aromatic heterocycles. The highest BCUT2D eigenvalue weighted by Crippen LogP contribution is 2.28. The van der Waals surface area contributed by atoms with Crippen molar-refractivity contribution in [1.29, 1.82) is 0 Å². The van der Waals surface area contributed by atoms with Crippen LogP contribution in [-0.4, -0.2) is 43.8 Å². The molecule has 0 aliphatic carbocycles. The van der Waals surface area contributed by atoms with E-state index in [1.807, 2.05) is 13.8 Å². The Kier molecular flexibility index (Phi) is 10.2. The van der Waals surface area contributed by atoms with Crippen LogP contribution in [0.5, 0.6) is 0 Å². The van der Waals surface area contributed by atoms with Gasteiger partial charge >= 0.3 is 0 Å². The molecule has 0 aliphatic rings. The number of halogens is 2. The van der Waals surface area contributed by atoms with Crippen molar-refractivity contribution in [3.05, 3.63) is 94.5 Å². The van der Waals surface area contributed by atoms with Crippen LogP contribution in [-0.2, 0) is 26.2 Å². The molecule has 7 nitrogen and oxygen atoms in total. The maximum atomic E-state index is 13.9. The Morgan fingerprint density at radius 1 is 0.868 bits per heavy atom. The lowest BCUT2D eigenvalue weighted by atomic mass is 10.1. The quantitative estimate of drug-likeness (QED) is 0.326. The van der Waals surface area contributed by atoms with E-state index in [1.54, 1.807) is 73.7 Å². The predicted molar refractivity (Wildman–Crippen MR) is 152 cm³/mol. The Balaban J connectivity index is 2.03. The number of hydrogen-bond donors (Lipinski definition) is 1. The molecule has 0 heterocycles. The molecule has 0 bridgehead atoms. The maximum absolute atomic E-state index is 13.9. The van der Waals surface area contributed by atoms with E-state index >= 15 is 0 Å². The van der Waals surface area contributed by atoms with Crippen LogP contribution in [0, 0.1) is 0 Å². The lowest BCUT2D eigenvalue weighted by Gasteiger charge is -2.32. The summed E-state index contributed by atoms with van der Waals surface area (Å²) in [5, 5.41) is 3.56. The molecule has 2 atom stereocenters. The fourth-order valence-electron chi connectivity index (χ4n) is 3.74. The highest BCUT2D eigenvalue weighted by Gasteiger charge is 2.33. The second-order valence-corrected chi connectivity index (χ2v) is 11.6. The molecule has 0 saturated carbocycles. The second-order valence-electron chi connectivity index (χ2n) is 8.88. The molecule has 0 spiro atoms. The molecule has 10 heteroatoms. The number of carbonyl (C=O) groups is 2. The average Bonchev–Trinajstić information content (AvgIpc) is 2.91. The van der Waals surface area contributed by atoms with E-state index in [0.717, 1.165) is 4.31 Å². The van der Waals surface area contributed by atoms with Gasteiger partial charge in [-0.15, -0.1) is 0 Å². The number of carbonyl (C=O) groups excluding carboxylic acids is 2.